The molecule has 2 aromatic carbocycles. The van der Waals surface area contributed by atoms with Crippen molar-refractivity contribution in [1.29, 1.82) is 0 Å². The average Bonchev–Trinajstić information content (AvgIpc) is 4.11. The number of likely N-dealkylation sites (N-methyl/N-ethyl adjacent to an activating group) is 1. The van der Waals surface area contributed by atoms with Crippen molar-refractivity contribution in [3.05, 3.63) is 66.4 Å². The van der Waals surface area contributed by atoms with Crippen LogP contribution in [-0.4, -0.2) is 111 Å². The van der Waals surface area contributed by atoms with Gasteiger partial charge in [0.1, 0.15) is 30.3 Å². The molecule has 1 aromatic heterocycles. The molecule has 2 saturated carbocycles. The van der Waals surface area contributed by atoms with Crippen LogP contribution in [0.5, 0.6) is 11.6 Å². The first-order chi connectivity index (χ1) is 29.0. The lowest BCUT2D eigenvalue weighted by atomic mass is 9.87. The number of nitrogens with one attached hydrogen (secondary N) is 3. The summed E-state index contributed by atoms with van der Waals surface area (Å²) in [4.78, 5) is 67.9. The number of amides is 4. The first-order valence-electron chi connectivity index (χ1n) is 21.4. The van der Waals surface area contributed by atoms with Gasteiger partial charge >= 0.3 is 0 Å². The summed E-state index contributed by atoms with van der Waals surface area (Å²) in [6, 6.07) is 10.7. The Morgan fingerprint density at radius 2 is 1.79 bits per heavy atom. The number of hydrogen-bond donors (Lipinski definition) is 3. The second-order valence-corrected chi connectivity index (χ2v) is 20.4. The van der Waals surface area contributed by atoms with Gasteiger partial charge in [-0.25, -0.2) is 13.4 Å². The highest BCUT2D eigenvalue weighted by molar-refractivity contribution is 7.91. The van der Waals surface area contributed by atoms with Crippen LogP contribution in [-0.2, 0) is 24.4 Å². The molecule has 4 heterocycles. The number of carbonyl (C=O) groups excluding carboxylic acids is 4. The van der Waals surface area contributed by atoms with Crippen LogP contribution in [0.15, 0.2) is 60.8 Å². The number of sulfonamides is 1. The fraction of sp³-hybridized carbons (Fsp3) is 0.533. The number of pyridine rings is 1. The van der Waals surface area contributed by atoms with Crippen molar-refractivity contribution < 1.29 is 37.1 Å². The molecule has 326 valence electrons. The van der Waals surface area contributed by atoms with Crippen molar-refractivity contribution in [2.24, 2.45) is 17.8 Å². The van der Waals surface area contributed by atoms with Crippen LogP contribution in [0.4, 0.5) is 11.4 Å². The average molecular weight is 856 g/mol. The molecular weight excluding hydrogens is 799 g/mol. The molecule has 4 amide bonds. The number of aromatic nitrogens is 1. The van der Waals surface area contributed by atoms with E-state index in [0.717, 1.165) is 35.5 Å². The van der Waals surface area contributed by atoms with Gasteiger partial charge in [0.05, 0.1) is 23.5 Å². The monoisotopic (exact) mass is 855 g/mol. The first-order valence-corrected chi connectivity index (χ1v) is 22.8. The Bertz CT molecular complexity index is 2370. The van der Waals surface area contributed by atoms with E-state index in [0.29, 0.717) is 49.1 Å². The van der Waals surface area contributed by atoms with E-state index in [2.05, 4.69) is 32.2 Å². The number of carbonyl (C=O) groups is 4. The van der Waals surface area contributed by atoms with Crippen LogP contribution in [0.25, 0.3) is 10.8 Å². The molecule has 3 N–H and O–H groups in total. The lowest BCUT2D eigenvalue weighted by Crippen LogP contribution is -2.59. The summed E-state index contributed by atoms with van der Waals surface area (Å²) in [5.74, 6) is -1.86. The Hall–Kier alpha value is -5.38. The number of hydrogen-bond acceptors (Lipinski definition) is 11. The largest absolute Gasteiger partial charge is 0.489 e. The summed E-state index contributed by atoms with van der Waals surface area (Å²) < 4.78 is 40.6. The van der Waals surface area contributed by atoms with Crippen molar-refractivity contribution in [1.82, 2.24) is 25.2 Å². The van der Waals surface area contributed by atoms with Crippen LogP contribution >= 0.6 is 0 Å². The molecule has 0 spiro atoms. The third-order valence-electron chi connectivity index (χ3n) is 13.4. The Morgan fingerprint density at radius 1 is 1.03 bits per heavy atom. The SMILES string of the molecule is C[C@@H]1CC/C=C\[C@@H]2C[C@@]2(C(=O)NS(=O)(=O)C2(C)CC2)NC(=O)[C@@H]2C[C@@H](Oc3nccc4c5c(ccc34)N(C)CCO5)CN2C(=O)[C@@H](NC(=O)c2ccc(N(C)C)cc2)[C@H](C)C1. The Kier molecular flexibility index (Phi) is 11.2. The molecule has 61 heavy (non-hydrogen) atoms. The number of ether oxygens (including phenoxy) is 2. The minimum Gasteiger partial charge on any atom is -0.489 e. The molecule has 0 unspecified atom stereocenters. The predicted molar refractivity (Wildman–Crippen MR) is 232 cm³/mol. The summed E-state index contributed by atoms with van der Waals surface area (Å²) in [5.41, 5.74) is 0.715. The second kappa shape index (κ2) is 16.1. The van der Waals surface area contributed by atoms with Crippen LogP contribution in [0.1, 0.15) is 76.1 Å². The van der Waals surface area contributed by atoms with Crippen LogP contribution in [0.2, 0.25) is 0 Å². The van der Waals surface area contributed by atoms with E-state index in [9.17, 15) is 22.8 Å². The van der Waals surface area contributed by atoms with Crippen molar-refractivity contribution in [3.8, 4) is 11.6 Å². The summed E-state index contributed by atoms with van der Waals surface area (Å²) >= 11 is 0. The topological polar surface area (TPSA) is 180 Å². The molecule has 3 fully saturated rings. The van der Waals surface area contributed by atoms with Gasteiger partial charge in [0, 0.05) is 61.7 Å². The van der Waals surface area contributed by atoms with Crippen LogP contribution in [0, 0.1) is 17.8 Å². The number of benzene rings is 2. The Balaban J connectivity index is 1.13. The van der Waals surface area contributed by atoms with E-state index >= 15 is 4.79 Å². The van der Waals surface area contributed by atoms with Crippen molar-refractivity contribution in [3.63, 3.8) is 0 Å². The molecular formula is C45H57N7O8S. The molecule has 5 aliphatic rings. The lowest BCUT2D eigenvalue weighted by Gasteiger charge is -2.33. The van der Waals surface area contributed by atoms with E-state index in [-0.39, 0.29) is 31.2 Å². The molecule has 15 nitrogen and oxygen atoms in total. The third-order valence-corrected chi connectivity index (χ3v) is 15.5. The summed E-state index contributed by atoms with van der Waals surface area (Å²) in [5, 5.41) is 7.51. The Labute approximate surface area is 357 Å². The maximum absolute atomic E-state index is 15.1. The zero-order chi connectivity index (χ0) is 43.4. The molecule has 0 bridgehead atoms. The number of anilines is 2. The van der Waals surface area contributed by atoms with E-state index < -0.39 is 68.0 Å². The highest BCUT2D eigenvalue weighted by Gasteiger charge is 2.63. The van der Waals surface area contributed by atoms with Gasteiger partial charge in [-0.2, -0.15) is 0 Å². The summed E-state index contributed by atoms with van der Waals surface area (Å²) in [6.45, 7) is 6.91. The highest BCUT2D eigenvalue weighted by atomic mass is 32.2. The van der Waals surface area contributed by atoms with Crippen LogP contribution in [0.3, 0.4) is 0 Å². The smallest absolute Gasteiger partial charge is 0.259 e. The minimum absolute atomic E-state index is 0.0133. The zero-order valence-electron chi connectivity index (χ0n) is 35.8. The van der Waals surface area contributed by atoms with Gasteiger partial charge in [-0.3, -0.25) is 23.9 Å². The molecule has 2 aliphatic carbocycles. The van der Waals surface area contributed by atoms with Gasteiger partial charge in [0.2, 0.25) is 27.7 Å². The fourth-order valence-corrected chi connectivity index (χ4v) is 10.3. The predicted octanol–water partition coefficient (Wildman–Crippen LogP) is 4.16. The van der Waals surface area contributed by atoms with Gasteiger partial charge in [-0.15, -0.1) is 0 Å². The van der Waals surface area contributed by atoms with E-state index in [1.54, 1.807) is 25.3 Å². The molecule has 3 aromatic rings. The first kappa shape index (κ1) is 42.3. The van der Waals surface area contributed by atoms with E-state index in [4.69, 9.17) is 9.47 Å². The normalized spacial score (nSPS) is 29.0. The molecule has 8 rings (SSSR count). The van der Waals surface area contributed by atoms with Crippen molar-refractivity contribution in [2.45, 2.75) is 94.2 Å². The van der Waals surface area contributed by atoms with Crippen LogP contribution < -0.4 is 34.6 Å². The number of allylic oxidation sites excluding steroid dienone is 1. The second-order valence-electron chi connectivity index (χ2n) is 18.2. The van der Waals surface area contributed by atoms with Crippen molar-refractivity contribution in [2.75, 3.05) is 50.6 Å². The Morgan fingerprint density at radius 3 is 2.51 bits per heavy atom. The van der Waals surface area contributed by atoms with Gasteiger partial charge in [0.15, 0.2) is 5.75 Å². The minimum atomic E-state index is -4.01. The number of fused-ring (bicyclic) bond motifs is 5. The molecule has 1 saturated heterocycles. The number of nitrogens with zero attached hydrogens (tertiary/aromatic N) is 4. The standard InChI is InChI=1S/C45H57N7O8S/c1-27-9-7-8-10-30-25-45(30,43(56)49-61(57,58)44(3)18-19-44)48-40(54)36-24-32(60-41-34-15-16-35-38(33(34)17-20-46-41)59-22-21-51(35)6)26-52(36)42(55)37(28(2)23-27)47-39(53)29-11-13-31(14-12-29)50(4)5/h8,10-17,20,27-28,30,32,36-37H,7,9,18-19,21-26H2,1-6H3,(H,47,53)(H,48,54)(H,49,56)/b10-8-/t27-,28-,30-,32-,36+,37+,45-/m1/s1. The molecule has 0 radical (unpaired) electrons. The van der Waals surface area contributed by atoms with Gasteiger partial charge in [-0.1, -0.05) is 26.0 Å². The third kappa shape index (κ3) is 8.22. The lowest BCUT2D eigenvalue weighted by molar-refractivity contribution is -0.142. The van der Waals surface area contributed by atoms with E-state index in [1.165, 1.54) is 4.90 Å². The zero-order valence-corrected chi connectivity index (χ0v) is 36.6. The highest BCUT2D eigenvalue weighted by Crippen LogP contribution is 2.48. The molecule has 3 aliphatic heterocycles. The van der Waals surface area contributed by atoms with Gasteiger partial charge < -0.3 is 34.8 Å². The van der Waals surface area contributed by atoms with Gasteiger partial charge in [0.25, 0.3) is 11.8 Å². The maximum atomic E-state index is 15.1. The summed E-state index contributed by atoms with van der Waals surface area (Å²) in [6.07, 6.45) is 7.99. The number of rotatable bonds is 8. The quantitative estimate of drug-likeness (QED) is 0.277. The molecule has 7 atom stereocenters. The van der Waals surface area contributed by atoms with Gasteiger partial charge in [-0.05, 0) is 99.7 Å². The maximum Gasteiger partial charge on any atom is 0.259 e. The van der Waals surface area contributed by atoms with E-state index in [1.807, 2.05) is 75.5 Å². The fourth-order valence-electron chi connectivity index (χ4n) is 9.03. The van der Waals surface area contributed by atoms with Crippen molar-refractivity contribution >= 4 is 55.8 Å². The summed E-state index contributed by atoms with van der Waals surface area (Å²) in [7, 11) is 1.82. The molecule has 16 heteroatoms.